The van der Waals surface area contributed by atoms with Crippen molar-refractivity contribution in [1.29, 1.82) is 0 Å². The molecular formula is C13H23NO2. The smallest absolute Gasteiger partial charge is 0.226 e. The molecule has 0 saturated heterocycles. The molecule has 2 aliphatic rings. The van der Waals surface area contributed by atoms with Crippen molar-refractivity contribution in [3.05, 3.63) is 0 Å². The van der Waals surface area contributed by atoms with Crippen molar-refractivity contribution in [1.82, 2.24) is 4.90 Å². The molecule has 2 aliphatic carbocycles. The highest BCUT2D eigenvalue weighted by Crippen LogP contribution is 2.58. The first-order valence-electron chi connectivity index (χ1n) is 6.58. The molecule has 3 heteroatoms. The van der Waals surface area contributed by atoms with Gasteiger partial charge in [-0.05, 0) is 44.9 Å². The Morgan fingerprint density at radius 2 is 2.00 bits per heavy atom. The average molecular weight is 225 g/mol. The van der Waals surface area contributed by atoms with Crippen molar-refractivity contribution in [2.75, 3.05) is 13.2 Å². The summed E-state index contributed by atoms with van der Waals surface area (Å²) < 4.78 is 0. The molecule has 92 valence electrons. The molecule has 2 unspecified atom stereocenters. The summed E-state index contributed by atoms with van der Waals surface area (Å²) in [7, 11) is 0. The maximum Gasteiger partial charge on any atom is 0.226 e. The van der Waals surface area contributed by atoms with Crippen molar-refractivity contribution >= 4 is 5.91 Å². The van der Waals surface area contributed by atoms with Crippen molar-refractivity contribution in [3.63, 3.8) is 0 Å². The fourth-order valence-corrected chi connectivity index (χ4v) is 3.24. The zero-order chi connectivity index (χ0) is 11.7. The third-order valence-electron chi connectivity index (χ3n) is 4.16. The molecule has 2 rings (SSSR count). The standard InChI is InChI=1S/C13H23NO2/c1-9(2)14(7-4-8-15)13(16)12-10-5-3-6-11(10)12/h9-12,15H,3-8H2,1-2H3. The van der Waals surface area contributed by atoms with Gasteiger partial charge in [0.25, 0.3) is 0 Å². The van der Waals surface area contributed by atoms with Crippen molar-refractivity contribution in [2.45, 2.75) is 45.6 Å². The molecule has 2 atom stereocenters. The van der Waals surface area contributed by atoms with Gasteiger partial charge in [0.15, 0.2) is 0 Å². The topological polar surface area (TPSA) is 40.5 Å². The first-order valence-corrected chi connectivity index (χ1v) is 6.58. The Bertz CT molecular complexity index is 255. The van der Waals surface area contributed by atoms with E-state index in [9.17, 15) is 4.79 Å². The lowest BCUT2D eigenvalue weighted by Gasteiger charge is -2.27. The number of rotatable bonds is 5. The molecule has 0 aliphatic heterocycles. The maximum atomic E-state index is 12.3. The van der Waals surface area contributed by atoms with Gasteiger partial charge in [0.05, 0.1) is 0 Å². The largest absolute Gasteiger partial charge is 0.396 e. The summed E-state index contributed by atoms with van der Waals surface area (Å²) in [6, 6.07) is 0.264. The Labute approximate surface area is 97.8 Å². The van der Waals surface area contributed by atoms with Gasteiger partial charge in [-0.2, -0.15) is 0 Å². The molecule has 0 aromatic carbocycles. The molecule has 0 aromatic rings. The fourth-order valence-electron chi connectivity index (χ4n) is 3.24. The molecule has 0 spiro atoms. The van der Waals surface area contributed by atoms with Crippen LogP contribution in [0.1, 0.15) is 39.5 Å². The van der Waals surface area contributed by atoms with E-state index in [2.05, 4.69) is 13.8 Å². The molecule has 3 nitrogen and oxygen atoms in total. The van der Waals surface area contributed by atoms with E-state index < -0.39 is 0 Å². The zero-order valence-electron chi connectivity index (χ0n) is 10.4. The molecule has 0 bridgehead atoms. The van der Waals surface area contributed by atoms with E-state index >= 15 is 0 Å². The summed E-state index contributed by atoms with van der Waals surface area (Å²) in [6.07, 6.45) is 4.53. The predicted molar refractivity (Wildman–Crippen MR) is 62.9 cm³/mol. The zero-order valence-corrected chi connectivity index (χ0v) is 10.4. The summed E-state index contributed by atoms with van der Waals surface area (Å²) in [5, 5.41) is 8.86. The van der Waals surface area contributed by atoms with E-state index in [1.807, 2.05) is 4.90 Å². The van der Waals surface area contributed by atoms with Crippen molar-refractivity contribution in [3.8, 4) is 0 Å². The van der Waals surface area contributed by atoms with Crippen LogP contribution in [-0.4, -0.2) is 35.1 Å². The minimum atomic E-state index is 0.175. The third-order valence-corrected chi connectivity index (χ3v) is 4.16. The summed E-state index contributed by atoms with van der Waals surface area (Å²) in [5.74, 6) is 2.07. The van der Waals surface area contributed by atoms with Crippen LogP contribution in [0.5, 0.6) is 0 Å². The second-order valence-electron chi connectivity index (χ2n) is 5.49. The van der Waals surface area contributed by atoms with E-state index in [-0.39, 0.29) is 12.6 Å². The number of amides is 1. The number of fused-ring (bicyclic) bond motifs is 1. The summed E-state index contributed by atoms with van der Waals surface area (Å²) in [4.78, 5) is 14.3. The molecule has 0 heterocycles. The van der Waals surface area contributed by atoms with Crippen molar-refractivity contribution in [2.24, 2.45) is 17.8 Å². The Morgan fingerprint density at radius 1 is 1.38 bits per heavy atom. The number of carbonyl (C=O) groups is 1. The minimum absolute atomic E-state index is 0.175. The lowest BCUT2D eigenvalue weighted by molar-refractivity contribution is -0.135. The predicted octanol–water partition coefficient (Wildman–Crippen LogP) is 1.65. The molecule has 2 fully saturated rings. The van der Waals surface area contributed by atoms with Gasteiger partial charge in [0.1, 0.15) is 0 Å². The lowest BCUT2D eigenvalue weighted by atomic mass is 10.1. The van der Waals surface area contributed by atoms with Crippen LogP contribution in [-0.2, 0) is 4.79 Å². The molecule has 1 N–H and O–H groups in total. The molecule has 1 amide bonds. The van der Waals surface area contributed by atoms with E-state index in [1.165, 1.54) is 19.3 Å². The van der Waals surface area contributed by atoms with E-state index in [4.69, 9.17) is 5.11 Å². The van der Waals surface area contributed by atoms with Gasteiger partial charge >= 0.3 is 0 Å². The molecule has 2 saturated carbocycles. The number of hydrogen-bond acceptors (Lipinski definition) is 2. The van der Waals surface area contributed by atoms with Gasteiger partial charge in [0, 0.05) is 25.1 Å². The van der Waals surface area contributed by atoms with Crippen LogP contribution in [0.3, 0.4) is 0 Å². The number of carbonyl (C=O) groups excluding carboxylic acids is 1. The lowest BCUT2D eigenvalue weighted by Crippen LogP contribution is -2.39. The number of aliphatic hydroxyl groups excluding tert-OH is 1. The quantitative estimate of drug-likeness (QED) is 0.773. The van der Waals surface area contributed by atoms with Crippen LogP contribution in [0.2, 0.25) is 0 Å². The monoisotopic (exact) mass is 225 g/mol. The van der Waals surface area contributed by atoms with Crippen molar-refractivity contribution < 1.29 is 9.90 Å². The van der Waals surface area contributed by atoms with E-state index in [0.29, 0.717) is 36.6 Å². The minimum Gasteiger partial charge on any atom is -0.396 e. The highest BCUT2D eigenvalue weighted by Gasteiger charge is 2.57. The second-order valence-corrected chi connectivity index (χ2v) is 5.49. The summed E-state index contributed by atoms with van der Waals surface area (Å²) in [5.41, 5.74) is 0. The van der Waals surface area contributed by atoms with Gasteiger partial charge in [0.2, 0.25) is 5.91 Å². The van der Waals surface area contributed by atoms with E-state index in [0.717, 1.165) is 0 Å². The highest BCUT2D eigenvalue weighted by molar-refractivity contribution is 5.82. The van der Waals surface area contributed by atoms with Gasteiger partial charge in [-0.15, -0.1) is 0 Å². The summed E-state index contributed by atoms with van der Waals surface area (Å²) >= 11 is 0. The Hall–Kier alpha value is -0.570. The second kappa shape index (κ2) is 4.74. The van der Waals surface area contributed by atoms with Crippen LogP contribution >= 0.6 is 0 Å². The van der Waals surface area contributed by atoms with Crippen LogP contribution in [0.15, 0.2) is 0 Å². The molecular weight excluding hydrogens is 202 g/mol. The molecule has 0 radical (unpaired) electrons. The fraction of sp³-hybridized carbons (Fsp3) is 0.923. The summed E-state index contributed by atoms with van der Waals surface area (Å²) in [6.45, 7) is 5.01. The third kappa shape index (κ3) is 2.10. The maximum absolute atomic E-state index is 12.3. The van der Waals surface area contributed by atoms with Gasteiger partial charge < -0.3 is 10.0 Å². The number of aliphatic hydroxyl groups is 1. The number of hydrogen-bond donors (Lipinski definition) is 1. The van der Waals surface area contributed by atoms with Gasteiger partial charge in [-0.1, -0.05) is 6.42 Å². The van der Waals surface area contributed by atoms with Crippen LogP contribution in [0, 0.1) is 17.8 Å². The Balaban J connectivity index is 1.90. The normalized spacial score (nSPS) is 31.6. The SMILES string of the molecule is CC(C)N(CCCO)C(=O)C1C2CCCC21. The van der Waals surface area contributed by atoms with E-state index in [1.54, 1.807) is 0 Å². The van der Waals surface area contributed by atoms with Crippen LogP contribution in [0.25, 0.3) is 0 Å². The first kappa shape index (κ1) is 11.9. The first-order chi connectivity index (χ1) is 7.66. The van der Waals surface area contributed by atoms with Gasteiger partial charge in [-0.3, -0.25) is 4.79 Å². The highest BCUT2D eigenvalue weighted by atomic mass is 16.3. The average Bonchev–Trinajstić information content (AvgIpc) is 2.72. The Morgan fingerprint density at radius 3 is 2.50 bits per heavy atom. The number of nitrogens with zero attached hydrogens (tertiary/aromatic N) is 1. The molecule has 16 heavy (non-hydrogen) atoms. The molecule has 0 aromatic heterocycles. The van der Waals surface area contributed by atoms with Gasteiger partial charge in [-0.25, -0.2) is 0 Å². The Kier molecular flexibility index (Phi) is 3.53. The van der Waals surface area contributed by atoms with Crippen LogP contribution in [0.4, 0.5) is 0 Å². The van der Waals surface area contributed by atoms with Crippen LogP contribution < -0.4 is 0 Å².